The van der Waals surface area contributed by atoms with Crippen molar-refractivity contribution in [2.75, 3.05) is 26.4 Å². The molecule has 0 aliphatic carbocycles. The molecule has 0 bridgehead atoms. The number of nitrogens with one attached hydrogen (secondary N) is 2. The van der Waals surface area contributed by atoms with Crippen molar-refractivity contribution in [1.82, 2.24) is 10.6 Å². The zero-order valence-electron chi connectivity index (χ0n) is 15.6. The number of hydrogen-bond acceptors (Lipinski definition) is 3. The fraction of sp³-hybridized carbons (Fsp3) is 0.632. The van der Waals surface area contributed by atoms with E-state index < -0.39 is 0 Å². The van der Waals surface area contributed by atoms with E-state index in [1.165, 1.54) is 11.1 Å². The predicted octanol–water partition coefficient (Wildman–Crippen LogP) is 3.12. The van der Waals surface area contributed by atoms with Gasteiger partial charge in [-0.2, -0.15) is 0 Å². The maximum Gasteiger partial charge on any atom is 0.191 e. The average Bonchev–Trinajstić information content (AvgIpc) is 3.12. The third-order valence-electron chi connectivity index (χ3n) is 4.10. The number of aryl methyl sites for hydroxylation is 1. The number of nitrogens with zero attached hydrogens (tertiary/aromatic N) is 1. The van der Waals surface area contributed by atoms with Crippen molar-refractivity contribution in [3.63, 3.8) is 0 Å². The van der Waals surface area contributed by atoms with Crippen LogP contribution in [0.25, 0.3) is 0 Å². The van der Waals surface area contributed by atoms with Gasteiger partial charge in [0, 0.05) is 19.2 Å². The molecule has 25 heavy (non-hydrogen) atoms. The Morgan fingerprint density at radius 2 is 2.08 bits per heavy atom. The first-order valence-electron chi connectivity index (χ1n) is 9.03. The van der Waals surface area contributed by atoms with Crippen LogP contribution in [0.4, 0.5) is 0 Å². The van der Waals surface area contributed by atoms with Gasteiger partial charge in [-0.25, -0.2) is 4.99 Å². The summed E-state index contributed by atoms with van der Waals surface area (Å²) in [5.74, 6) is 0.835. The van der Waals surface area contributed by atoms with Crippen LogP contribution in [-0.4, -0.2) is 44.5 Å². The lowest BCUT2D eigenvalue weighted by molar-refractivity contribution is 0.0347. The standard InChI is InChI=1S/C19H31N3O2.HI/c1-4-16-8-6-7-9-17(16)12-21-19(20-5-2)22-15(3)13-24-18-10-11-23-14-18;/h6-9,15,18H,4-5,10-14H2,1-3H3,(H2,20,21,22);1H. The molecule has 2 rings (SSSR count). The van der Waals surface area contributed by atoms with E-state index in [4.69, 9.17) is 14.5 Å². The molecule has 0 radical (unpaired) electrons. The van der Waals surface area contributed by atoms with Gasteiger partial charge in [-0.15, -0.1) is 24.0 Å². The van der Waals surface area contributed by atoms with Crippen molar-refractivity contribution >= 4 is 29.9 Å². The van der Waals surface area contributed by atoms with Crippen LogP contribution < -0.4 is 10.6 Å². The first-order chi connectivity index (χ1) is 11.7. The zero-order valence-corrected chi connectivity index (χ0v) is 17.9. The molecule has 142 valence electrons. The summed E-state index contributed by atoms with van der Waals surface area (Å²) in [5.41, 5.74) is 2.64. The third kappa shape index (κ3) is 7.92. The Labute approximate surface area is 169 Å². The Hall–Kier alpha value is -0.860. The summed E-state index contributed by atoms with van der Waals surface area (Å²) in [6.45, 7) is 10.1. The molecule has 1 aromatic rings. The smallest absolute Gasteiger partial charge is 0.191 e. The normalized spacial score (nSPS) is 18.5. The lowest BCUT2D eigenvalue weighted by Crippen LogP contribution is -2.44. The van der Waals surface area contributed by atoms with Gasteiger partial charge in [0.05, 0.1) is 25.9 Å². The predicted molar refractivity (Wildman–Crippen MR) is 114 cm³/mol. The lowest BCUT2D eigenvalue weighted by atomic mass is 10.1. The second-order valence-corrected chi connectivity index (χ2v) is 6.18. The van der Waals surface area contributed by atoms with E-state index in [1.807, 2.05) is 0 Å². The number of aliphatic imine (C=N–C) groups is 1. The summed E-state index contributed by atoms with van der Waals surface area (Å²) in [5, 5.41) is 6.73. The van der Waals surface area contributed by atoms with Crippen LogP contribution >= 0.6 is 24.0 Å². The van der Waals surface area contributed by atoms with Gasteiger partial charge in [-0.05, 0) is 37.8 Å². The molecule has 5 nitrogen and oxygen atoms in total. The third-order valence-corrected chi connectivity index (χ3v) is 4.10. The molecule has 2 atom stereocenters. The SMILES string of the molecule is CCNC(=NCc1ccccc1CC)NC(C)COC1CCOC1.I. The molecule has 1 aliphatic rings. The maximum atomic E-state index is 5.87. The number of benzene rings is 1. The first kappa shape index (κ1) is 22.2. The molecule has 2 unspecified atom stereocenters. The highest BCUT2D eigenvalue weighted by Gasteiger charge is 2.17. The van der Waals surface area contributed by atoms with Gasteiger partial charge in [0.1, 0.15) is 0 Å². The van der Waals surface area contributed by atoms with Gasteiger partial charge in [0.15, 0.2) is 5.96 Å². The molecule has 0 aromatic heterocycles. The van der Waals surface area contributed by atoms with Crippen molar-refractivity contribution in [2.45, 2.75) is 52.3 Å². The second kappa shape index (κ2) is 12.5. The van der Waals surface area contributed by atoms with Gasteiger partial charge in [-0.3, -0.25) is 0 Å². The molecule has 6 heteroatoms. The summed E-state index contributed by atoms with van der Waals surface area (Å²) in [4.78, 5) is 4.73. The van der Waals surface area contributed by atoms with Crippen LogP contribution in [0.5, 0.6) is 0 Å². The summed E-state index contributed by atoms with van der Waals surface area (Å²) < 4.78 is 11.2. The number of halogens is 1. The van der Waals surface area contributed by atoms with Crippen LogP contribution in [-0.2, 0) is 22.4 Å². The largest absolute Gasteiger partial charge is 0.379 e. The second-order valence-electron chi connectivity index (χ2n) is 6.18. The van der Waals surface area contributed by atoms with E-state index in [9.17, 15) is 0 Å². The quantitative estimate of drug-likeness (QED) is 0.355. The summed E-state index contributed by atoms with van der Waals surface area (Å²) in [6, 6.07) is 8.68. The Morgan fingerprint density at radius 1 is 1.32 bits per heavy atom. The number of guanidine groups is 1. The minimum absolute atomic E-state index is 0. The van der Waals surface area contributed by atoms with E-state index in [2.05, 4.69) is 55.7 Å². The van der Waals surface area contributed by atoms with Gasteiger partial charge in [0.2, 0.25) is 0 Å². The number of rotatable bonds is 8. The van der Waals surface area contributed by atoms with Crippen molar-refractivity contribution in [2.24, 2.45) is 4.99 Å². The van der Waals surface area contributed by atoms with E-state index in [-0.39, 0.29) is 36.1 Å². The highest BCUT2D eigenvalue weighted by Crippen LogP contribution is 2.11. The van der Waals surface area contributed by atoms with Crippen LogP contribution in [0, 0.1) is 0 Å². The van der Waals surface area contributed by atoms with Crippen molar-refractivity contribution in [3.05, 3.63) is 35.4 Å². The molecule has 0 spiro atoms. The first-order valence-corrected chi connectivity index (χ1v) is 9.03. The average molecular weight is 461 g/mol. The molecule has 0 amide bonds. The topological polar surface area (TPSA) is 54.9 Å². The molecule has 2 N–H and O–H groups in total. The molecular formula is C19H32IN3O2. The van der Waals surface area contributed by atoms with E-state index in [0.717, 1.165) is 32.0 Å². The Balaban J connectivity index is 0.00000312. The van der Waals surface area contributed by atoms with Crippen LogP contribution in [0.2, 0.25) is 0 Å². The van der Waals surface area contributed by atoms with Crippen LogP contribution in [0.1, 0.15) is 38.3 Å². The van der Waals surface area contributed by atoms with Gasteiger partial charge >= 0.3 is 0 Å². The van der Waals surface area contributed by atoms with Crippen LogP contribution in [0.15, 0.2) is 29.3 Å². The molecule has 0 saturated carbocycles. The van der Waals surface area contributed by atoms with Crippen molar-refractivity contribution in [3.8, 4) is 0 Å². The zero-order chi connectivity index (χ0) is 17.2. The number of hydrogen-bond donors (Lipinski definition) is 2. The Bertz CT molecular complexity index is 519. The summed E-state index contributed by atoms with van der Waals surface area (Å²) >= 11 is 0. The van der Waals surface area contributed by atoms with Gasteiger partial charge < -0.3 is 20.1 Å². The lowest BCUT2D eigenvalue weighted by Gasteiger charge is -2.19. The molecule has 1 heterocycles. The van der Waals surface area contributed by atoms with Crippen molar-refractivity contribution < 1.29 is 9.47 Å². The molecule has 1 aliphatic heterocycles. The highest BCUT2D eigenvalue weighted by atomic mass is 127. The highest BCUT2D eigenvalue weighted by molar-refractivity contribution is 14.0. The monoisotopic (exact) mass is 461 g/mol. The summed E-state index contributed by atoms with van der Waals surface area (Å²) in [7, 11) is 0. The Kier molecular flexibility index (Phi) is 11.1. The summed E-state index contributed by atoms with van der Waals surface area (Å²) in [6.07, 6.45) is 2.27. The minimum atomic E-state index is 0. The molecular weight excluding hydrogens is 429 g/mol. The molecule has 1 saturated heterocycles. The minimum Gasteiger partial charge on any atom is -0.379 e. The number of ether oxygens (including phenoxy) is 2. The molecule has 1 aromatic carbocycles. The fourth-order valence-electron chi connectivity index (χ4n) is 2.74. The molecule has 1 fully saturated rings. The van der Waals surface area contributed by atoms with E-state index >= 15 is 0 Å². The fourth-order valence-corrected chi connectivity index (χ4v) is 2.74. The van der Waals surface area contributed by atoms with Gasteiger partial charge in [0.25, 0.3) is 0 Å². The Morgan fingerprint density at radius 3 is 2.72 bits per heavy atom. The van der Waals surface area contributed by atoms with E-state index in [0.29, 0.717) is 19.8 Å². The maximum absolute atomic E-state index is 5.87. The van der Waals surface area contributed by atoms with Crippen molar-refractivity contribution in [1.29, 1.82) is 0 Å². The van der Waals surface area contributed by atoms with Crippen LogP contribution in [0.3, 0.4) is 0 Å². The van der Waals surface area contributed by atoms with E-state index in [1.54, 1.807) is 0 Å². The van der Waals surface area contributed by atoms with Gasteiger partial charge in [-0.1, -0.05) is 31.2 Å².